The fraction of sp³-hybridized carbons (Fsp3) is 0. The van der Waals surface area contributed by atoms with Crippen molar-refractivity contribution in [2.45, 2.75) is 0 Å². The smallest absolute Gasteiger partial charge is 0.146 e. The van der Waals surface area contributed by atoms with Gasteiger partial charge in [0.05, 0.1) is 21.9 Å². The predicted molar refractivity (Wildman–Crippen MR) is 113 cm³/mol. The molecule has 4 heteroatoms. The molecule has 0 atom stereocenters. The molecule has 4 aromatic heterocycles. The van der Waals surface area contributed by atoms with Crippen LogP contribution in [0.4, 0.5) is 0 Å². The molecule has 28 heavy (non-hydrogen) atoms. The minimum absolute atomic E-state index is 0.885. The SMILES string of the molecule is c1ccc2c(c1)nc1c3ccncc3c3ccc4oc5ccccc5c4c3n21. The van der Waals surface area contributed by atoms with Gasteiger partial charge in [0.15, 0.2) is 0 Å². The van der Waals surface area contributed by atoms with Crippen molar-refractivity contribution in [2.75, 3.05) is 0 Å². The number of pyridine rings is 2. The minimum atomic E-state index is 0.885. The fourth-order valence-electron chi connectivity index (χ4n) is 4.49. The fourth-order valence-corrected chi connectivity index (χ4v) is 4.49. The Bertz CT molecular complexity index is 1720. The third kappa shape index (κ3) is 1.61. The predicted octanol–water partition coefficient (Wildman–Crippen LogP) is 6.09. The van der Waals surface area contributed by atoms with Gasteiger partial charge in [-0.05, 0) is 36.4 Å². The topological polar surface area (TPSA) is 43.3 Å². The normalized spacial score (nSPS) is 12.3. The highest BCUT2D eigenvalue weighted by molar-refractivity contribution is 6.25. The second-order valence-electron chi connectivity index (χ2n) is 7.11. The van der Waals surface area contributed by atoms with Gasteiger partial charge in [0, 0.05) is 33.9 Å². The largest absolute Gasteiger partial charge is 0.456 e. The first kappa shape index (κ1) is 14.2. The summed E-state index contributed by atoms with van der Waals surface area (Å²) in [5.74, 6) is 0. The van der Waals surface area contributed by atoms with Gasteiger partial charge in [-0.1, -0.05) is 30.3 Å². The standard InChI is InChI=1S/C24H13N3O/c1-4-8-20-16(5-1)22-21(28-20)10-9-14-17-13-25-12-11-15(17)24-26-18-6-2-3-7-19(18)27(24)23(14)22/h1-13H. The van der Waals surface area contributed by atoms with Gasteiger partial charge in [-0.2, -0.15) is 0 Å². The summed E-state index contributed by atoms with van der Waals surface area (Å²) in [5.41, 5.74) is 5.93. The van der Waals surface area contributed by atoms with Crippen LogP contribution >= 0.6 is 0 Å². The molecule has 7 rings (SSSR count). The van der Waals surface area contributed by atoms with E-state index in [1.54, 1.807) is 0 Å². The van der Waals surface area contributed by atoms with Crippen molar-refractivity contribution >= 4 is 60.3 Å². The monoisotopic (exact) mass is 359 g/mol. The van der Waals surface area contributed by atoms with Crippen molar-refractivity contribution in [2.24, 2.45) is 0 Å². The second kappa shape index (κ2) is 4.87. The Balaban J connectivity index is 1.94. The molecule has 4 heterocycles. The zero-order valence-corrected chi connectivity index (χ0v) is 14.8. The van der Waals surface area contributed by atoms with Gasteiger partial charge in [0.1, 0.15) is 16.8 Å². The zero-order valence-electron chi connectivity index (χ0n) is 14.8. The van der Waals surface area contributed by atoms with Crippen molar-refractivity contribution in [3.8, 4) is 0 Å². The van der Waals surface area contributed by atoms with E-state index in [1.165, 1.54) is 0 Å². The van der Waals surface area contributed by atoms with Crippen molar-refractivity contribution in [1.29, 1.82) is 0 Å². The van der Waals surface area contributed by atoms with Gasteiger partial charge in [0.2, 0.25) is 0 Å². The highest BCUT2D eigenvalue weighted by Crippen LogP contribution is 2.39. The summed E-state index contributed by atoms with van der Waals surface area (Å²) < 4.78 is 8.44. The molecule has 0 saturated heterocycles. The van der Waals surface area contributed by atoms with Crippen LogP contribution < -0.4 is 0 Å². The maximum absolute atomic E-state index is 6.16. The number of aromatic nitrogens is 3. The molecule has 0 saturated carbocycles. The third-order valence-electron chi connectivity index (χ3n) is 5.65. The Morgan fingerprint density at radius 3 is 2.61 bits per heavy atom. The average molecular weight is 359 g/mol. The molecule has 0 fully saturated rings. The van der Waals surface area contributed by atoms with E-state index in [2.05, 4.69) is 51.8 Å². The van der Waals surface area contributed by atoms with Gasteiger partial charge >= 0.3 is 0 Å². The lowest BCUT2D eigenvalue weighted by molar-refractivity contribution is 0.669. The second-order valence-corrected chi connectivity index (χ2v) is 7.11. The molecule has 0 aliphatic carbocycles. The van der Waals surface area contributed by atoms with E-state index in [1.807, 2.05) is 36.7 Å². The molecule has 0 radical (unpaired) electrons. The highest BCUT2D eigenvalue weighted by Gasteiger charge is 2.18. The van der Waals surface area contributed by atoms with Crippen molar-refractivity contribution < 1.29 is 4.42 Å². The van der Waals surface area contributed by atoms with E-state index in [0.29, 0.717) is 0 Å². The van der Waals surface area contributed by atoms with Gasteiger partial charge in [-0.25, -0.2) is 4.98 Å². The molecular weight excluding hydrogens is 346 g/mol. The summed E-state index contributed by atoms with van der Waals surface area (Å²) >= 11 is 0. The van der Waals surface area contributed by atoms with Gasteiger partial charge in [-0.3, -0.25) is 9.38 Å². The van der Waals surface area contributed by atoms with Crippen molar-refractivity contribution in [3.63, 3.8) is 0 Å². The quantitative estimate of drug-likeness (QED) is 0.308. The van der Waals surface area contributed by atoms with Crippen LogP contribution in [0.25, 0.3) is 60.3 Å². The van der Waals surface area contributed by atoms with Gasteiger partial charge in [0.25, 0.3) is 0 Å². The van der Waals surface area contributed by atoms with Crippen LogP contribution in [0.3, 0.4) is 0 Å². The maximum atomic E-state index is 6.16. The molecule has 0 aliphatic rings. The third-order valence-corrected chi connectivity index (χ3v) is 5.65. The summed E-state index contributed by atoms with van der Waals surface area (Å²) in [4.78, 5) is 9.36. The summed E-state index contributed by atoms with van der Waals surface area (Å²) in [6.45, 7) is 0. The maximum Gasteiger partial charge on any atom is 0.146 e. The highest BCUT2D eigenvalue weighted by atomic mass is 16.3. The first-order valence-corrected chi connectivity index (χ1v) is 9.27. The molecule has 130 valence electrons. The van der Waals surface area contributed by atoms with Crippen LogP contribution in [0.1, 0.15) is 0 Å². The Morgan fingerprint density at radius 2 is 1.61 bits per heavy atom. The molecule has 0 unspecified atom stereocenters. The number of furan rings is 1. The minimum Gasteiger partial charge on any atom is -0.456 e. The number of imidazole rings is 1. The number of fused-ring (bicyclic) bond motifs is 12. The van der Waals surface area contributed by atoms with E-state index in [4.69, 9.17) is 9.40 Å². The molecule has 0 amide bonds. The lowest BCUT2D eigenvalue weighted by atomic mass is 10.0. The number of benzene rings is 3. The zero-order chi connectivity index (χ0) is 18.2. The number of hydrogen-bond acceptors (Lipinski definition) is 3. The molecule has 0 aliphatic heterocycles. The van der Waals surface area contributed by atoms with Crippen molar-refractivity contribution in [3.05, 3.63) is 79.1 Å². The number of nitrogens with zero attached hydrogens (tertiary/aromatic N) is 3. The number of para-hydroxylation sites is 3. The van der Waals surface area contributed by atoms with Crippen molar-refractivity contribution in [1.82, 2.24) is 14.4 Å². The Kier molecular flexibility index (Phi) is 2.46. The van der Waals surface area contributed by atoms with Crippen LogP contribution in [0.2, 0.25) is 0 Å². The molecule has 0 spiro atoms. The lowest BCUT2D eigenvalue weighted by Gasteiger charge is -2.09. The van der Waals surface area contributed by atoms with Gasteiger partial charge < -0.3 is 4.42 Å². The van der Waals surface area contributed by atoms with E-state index in [0.717, 1.165) is 60.3 Å². The van der Waals surface area contributed by atoms with Gasteiger partial charge in [-0.15, -0.1) is 0 Å². The summed E-state index contributed by atoms with van der Waals surface area (Å²) in [6.07, 6.45) is 3.77. The van der Waals surface area contributed by atoms with E-state index in [9.17, 15) is 0 Å². The molecule has 0 N–H and O–H groups in total. The number of rotatable bonds is 0. The van der Waals surface area contributed by atoms with Crippen LogP contribution in [0.5, 0.6) is 0 Å². The Morgan fingerprint density at radius 1 is 0.714 bits per heavy atom. The van der Waals surface area contributed by atoms with Crippen LogP contribution in [0.15, 0.2) is 83.5 Å². The van der Waals surface area contributed by atoms with Crippen LogP contribution in [-0.4, -0.2) is 14.4 Å². The molecule has 7 aromatic rings. The molecule has 0 bridgehead atoms. The summed E-state index contributed by atoms with van der Waals surface area (Å²) in [5, 5.41) is 5.59. The molecule has 4 nitrogen and oxygen atoms in total. The molecule has 3 aromatic carbocycles. The number of hydrogen-bond donors (Lipinski definition) is 0. The average Bonchev–Trinajstić information content (AvgIpc) is 3.32. The summed E-state index contributed by atoms with van der Waals surface area (Å²) in [6, 6.07) is 22.7. The van der Waals surface area contributed by atoms with Crippen LogP contribution in [0, 0.1) is 0 Å². The van der Waals surface area contributed by atoms with E-state index in [-0.39, 0.29) is 0 Å². The van der Waals surface area contributed by atoms with E-state index < -0.39 is 0 Å². The molecular formula is C24H13N3O. The van der Waals surface area contributed by atoms with E-state index >= 15 is 0 Å². The lowest BCUT2D eigenvalue weighted by Crippen LogP contribution is -1.92. The Labute approximate surface area is 158 Å². The first-order chi connectivity index (χ1) is 13.9. The van der Waals surface area contributed by atoms with Crippen LogP contribution in [-0.2, 0) is 0 Å². The summed E-state index contributed by atoms with van der Waals surface area (Å²) in [7, 11) is 0. The Hall–Kier alpha value is -3.92. The first-order valence-electron chi connectivity index (χ1n) is 9.27.